The molecular weight excluding hydrogens is 396 g/mol. The van der Waals surface area contributed by atoms with Crippen LogP contribution in [0.4, 0.5) is 17.6 Å². The molecule has 0 bridgehead atoms. The zero-order chi connectivity index (χ0) is 20.8. The van der Waals surface area contributed by atoms with Gasteiger partial charge in [0, 0.05) is 32.2 Å². The Labute approximate surface area is 184 Å². The van der Waals surface area contributed by atoms with E-state index in [2.05, 4.69) is 33.4 Å². The third kappa shape index (κ3) is 5.62. The van der Waals surface area contributed by atoms with Gasteiger partial charge in [-0.05, 0) is 56.0 Å². The monoisotopic (exact) mass is 428 g/mol. The van der Waals surface area contributed by atoms with E-state index in [0.717, 1.165) is 43.6 Å². The fourth-order valence-corrected chi connectivity index (χ4v) is 4.39. The lowest BCUT2D eigenvalue weighted by molar-refractivity contribution is 0.444. The standard InChI is InChI=1S/C22H32N6OS/c1-17-8-6-12-28(16-17)20-14-19(27-10-4-2-3-5-11-27)24-21(25-20)26-22(30)23-15-18-9-7-13-29-18/h7,9,13-14,17H,2-6,8,10-12,15-16H2,1H3,(H2,23,24,25,26,30)/t17-/m1/s1. The van der Waals surface area contributed by atoms with Crippen LogP contribution >= 0.6 is 12.2 Å². The van der Waals surface area contributed by atoms with Gasteiger partial charge >= 0.3 is 0 Å². The van der Waals surface area contributed by atoms with E-state index in [9.17, 15) is 0 Å². The molecule has 0 radical (unpaired) electrons. The summed E-state index contributed by atoms with van der Waals surface area (Å²) in [5, 5.41) is 6.86. The van der Waals surface area contributed by atoms with E-state index in [-0.39, 0.29) is 0 Å². The van der Waals surface area contributed by atoms with Gasteiger partial charge in [0.1, 0.15) is 17.4 Å². The average molecular weight is 429 g/mol. The molecule has 2 N–H and O–H groups in total. The highest BCUT2D eigenvalue weighted by atomic mass is 32.1. The van der Waals surface area contributed by atoms with Crippen molar-refractivity contribution in [1.29, 1.82) is 0 Å². The molecule has 2 aromatic rings. The first-order valence-electron chi connectivity index (χ1n) is 11.1. The maximum atomic E-state index is 5.48. The number of piperidine rings is 1. The number of nitrogens with zero attached hydrogens (tertiary/aromatic N) is 4. The van der Waals surface area contributed by atoms with Crippen LogP contribution in [-0.4, -0.2) is 41.3 Å². The first kappa shape index (κ1) is 20.9. The van der Waals surface area contributed by atoms with Crippen LogP contribution in [0, 0.1) is 5.92 Å². The summed E-state index contributed by atoms with van der Waals surface area (Å²) < 4.78 is 5.36. The lowest BCUT2D eigenvalue weighted by Gasteiger charge is -2.33. The fourth-order valence-electron chi connectivity index (χ4n) is 4.23. The Bertz CT molecular complexity index is 799. The minimum absolute atomic E-state index is 0.498. The van der Waals surface area contributed by atoms with E-state index in [4.69, 9.17) is 26.6 Å². The average Bonchev–Trinajstić information content (AvgIpc) is 3.12. The molecule has 2 saturated heterocycles. The molecule has 0 unspecified atom stereocenters. The summed E-state index contributed by atoms with van der Waals surface area (Å²) >= 11 is 5.48. The predicted octanol–water partition coefficient (Wildman–Crippen LogP) is 4.17. The third-order valence-corrected chi connectivity index (χ3v) is 6.09. The Hall–Kier alpha value is -2.35. The van der Waals surface area contributed by atoms with Gasteiger partial charge in [-0.1, -0.05) is 19.8 Å². The third-order valence-electron chi connectivity index (χ3n) is 5.84. The first-order valence-corrected chi connectivity index (χ1v) is 11.5. The Kier molecular flexibility index (Phi) is 7.04. The van der Waals surface area contributed by atoms with Crippen molar-refractivity contribution in [2.24, 2.45) is 5.92 Å². The summed E-state index contributed by atoms with van der Waals surface area (Å²) in [6.07, 6.45) is 9.17. The normalized spacial score (nSPS) is 20.0. The van der Waals surface area contributed by atoms with Crippen molar-refractivity contribution >= 4 is 34.9 Å². The molecule has 0 aliphatic carbocycles. The molecule has 7 nitrogen and oxygen atoms in total. The van der Waals surface area contributed by atoms with Crippen molar-refractivity contribution in [3.63, 3.8) is 0 Å². The second-order valence-electron chi connectivity index (χ2n) is 8.39. The number of furan rings is 1. The molecule has 1 atom stereocenters. The number of aromatic nitrogens is 2. The van der Waals surface area contributed by atoms with Crippen molar-refractivity contribution in [1.82, 2.24) is 15.3 Å². The zero-order valence-electron chi connectivity index (χ0n) is 17.8. The predicted molar refractivity (Wildman–Crippen MR) is 125 cm³/mol. The van der Waals surface area contributed by atoms with Crippen LogP contribution in [0.3, 0.4) is 0 Å². The molecule has 2 aromatic heterocycles. The Morgan fingerprint density at radius 2 is 1.83 bits per heavy atom. The molecule has 2 aliphatic heterocycles. The summed E-state index contributed by atoms with van der Waals surface area (Å²) in [5.74, 6) is 4.06. The minimum atomic E-state index is 0.498. The van der Waals surface area contributed by atoms with E-state index < -0.39 is 0 Å². The van der Waals surface area contributed by atoms with E-state index in [0.29, 0.717) is 23.5 Å². The highest BCUT2D eigenvalue weighted by Crippen LogP contribution is 2.27. The van der Waals surface area contributed by atoms with Gasteiger partial charge < -0.3 is 24.9 Å². The van der Waals surface area contributed by atoms with E-state index in [1.165, 1.54) is 38.5 Å². The lowest BCUT2D eigenvalue weighted by Crippen LogP contribution is -2.36. The van der Waals surface area contributed by atoms with Crippen LogP contribution in [0.1, 0.15) is 51.2 Å². The lowest BCUT2D eigenvalue weighted by atomic mass is 10.0. The Morgan fingerprint density at radius 3 is 2.53 bits per heavy atom. The van der Waals surface area contributed by atoms with Gasteiger partial charge in [0.05, 0.1) is 12.8 Å². The van der Waals surface area contributed by atoms with Crippen molar-refractivity contribution in [3.8, 4) is 0 Å². The Balaban J connectivity index is 1.52. The highest BCUT2D eigenvalue weighted by Gasteiger charge is 2.21. The minimum Gasteiger partial charge on any atom is -0.467 e. The van der Waals surface area contributed by atoms with Crippen LogP contribution in [0.5, 0.6) is 0 Å². The maximum absolute atomic E-state index is 5.48. The molecule has 2 fully saturated rings. The molecule has 162 valence electrons. The van der Waals surface area contributed by atoms with Crippen LogP contribution in [-0.2, 0) is 6.54 Å². The number of nitrogens with one attached hydrogen (secondary N) is 2. The van der Waals surface area contributed by atoms with Crippen LogP contribution in [0.25, 0.3) is 0 Å². The second-order valence-corrected chi connectivity index (χ2v) is 8.80. The molecule has 4 rings (SSSR count). The summed E-state index contributed by atoms with van der Waals surface area (Å²) in [6, 6.07) is 5.95. The van der Waals surface area contributed by atoms with Crippen LogP contribution < -0.4 is 20.4 Å². The molecule has 30 heavy (non-hydrogen) atoms. The van der Waals surface area contributed by atoms with Crippen LogP contribution in [0.2, 0.25) is 0 Å². The van der Waals surface area contributed by atoms with Gasteiger partial charge in [-0.3, -0.25) is 0 Å². The van der Waals surface area contributed by atoms with Gasteiger partial charge in [-0.2, -0.15) is 9.97 Å². The van der Waals surface area contributed by atoms with Crippen molar-refractivity contribution in [2.45, 2.75) is 52.0 Å². The summed E-state index contributed by atoms with van der Waals surface area (Å²) in [5.41, 5.74) is 0. The molecule has 0 saturated carbocycles. The smallest absolute Gasteiger partial charge is 0.232 e. The highest BCUT2D eigenvalue weighted by molar-refractivity contribution is 7.80. The summed E-state index contributed by atoms with van der Waals surface area (Å²) in [4.78, 5) is 14.4. The van der Waals surface area contributed by atoms with E-state index >= 15 is 0 Å². The number of rotatable bonds is 5. The largest absolute Gasteiger partial charge is 0.467 e. The quantitative estimate of drug-likeness (QED) is 0.688. The van der Waals surface area contributed by atoms with Crippen molar-refractivity contribution in [2.75, 3.05) is 41.3 Å². The van der Waals surface area contributed by atoms with Gasteiger partial charge in [-0.15, -0.1) is 0 Å². The topological polar surface area (TPSA) is 69.5 Å². The SMILES string of the molecule is C[C@@H]1CCCN(c2cc(N3CCCCCC3)nc(NC(=S)NCc3ccco3)n2)C1. The van der Waals surface area contributed by atoms with Crippen molar-refractivity contribution < 1.29 is 4.42 Å². The Morgan fingerprint density at radius 1 is 1.10 bits per heavy atom. The molecule has 0 amide bonds. The number of hydrogen-bond acceptors (Lipinski definition) is 6. The summed E-state index contributed by atoms with van der Waals surface area (Å²) in [6.45, 7) is 7.02. The molecule has 4 heterocycles. The maximum Gasteiger partial charge on any atom is 0.232 e. The molecule has 8 heteroatoms. The summed E-state index contributed by atoms with van der Waals surface area (Å²) in [7, 11) is 0. The molecule has 0 aromatic carbocycles. The first-order chi connectivity index (χ1) is 14.7. The van der Waals surface area contributed by atoms with Gasteiger partial charge in [-0.25, -0.2) is 0 Å². The van der Waals surface area contributed by atoms with Crippen LogP contribution in [0.15, 0.2) is 28.9 Å². The van der Waals surface area contributed by atoms with Gasteiger partial charge in [0.2, 0.25) is 5.95 Å². The van der Waals surface area contributed by atoms with E-state index in [1.807, 2.05) is 12.1 Å². The van der Waals surface area contributed by atoms with Gasteiger partial charge in [0.15, 0.2) is 5.11 Å². The van der Waals surface area contributed by atoms with E-state index in [1.54, 1.807) is 6.26 Å². The second kappa shape index (κ2) is 10.1. The molecule has 2 aliphatic rings. The fraction of sp³-hybridized carbons (Fsp3) is 0.591. The zero-order valence-corrected chi connectivity index (χ0v) is 18.6. The van der Waals surface area contributed by atoms with Gasteiger partial charge in [0.25, 0.3) is 0 Å². The van der Waals surface area contributed by atoms with Crippen molar-refractivity contribution in [3.05, 3.63) is 30.2 Å². The molecular formula is C22H32N6OS. The number of thiocarbonyl (C=S) groups is 1. The number of anilines is 3. The number of hydrogen-bond donors (Lipinski definition) is 2. The molecule has 0 spiro atoms.